The molecule has 1 N–H and O–H groups in total. The Kier molecular flexibility index (Phi) is 6.75. The van der Waals surface area contributed by atoms with Gasteiger partial charge in [-0.15, -0.1) is 0 Å². The van der Waals surface area contributed by atoms with Crippen molar-refractivity contribution < 1.29 is 19.4 Å². The third-order valence-corrected chi connectivity index (χ3v) is 5.58. The maximum absolute atomic E-state index is 11.4. The van der Waals surface area contributed by atoms with Gasteiger partial charge in [-0.25, -0.2) is 4.98 Å². The fraction of sp³-hybridized carbons (Fsp3) is 0.259. The topological polar surface area (TPSA) is 73.6 Å². The highest BCUT2D eigenvalue weighted by Gasteiger charge is 2.16. The van der Waals surface area contributed by atoms with Crippen molar-refractivity contribution in [3.05, 3.63) is 89.2 Å². The first kappa shape index (κ1) is 22.6. The van der Waals surface area contributed by atoms with Gasteiger partial charge in [0.15, 0.2) is 5.78 Å². The van der Waals surface area contributed by atoms with Crippen LogP contribution < -0.4 is 9.47 Å². The quantitative estimate of drug-likeness (QED) is 0.373. The first-order valence-electron chi connectivity index (χ1n) is 11.0. The predicted molar refractivity (Wildman–Crippen MR) is 128 cm³/mol. The van der Waals surface area contributed by atoms with Crippen LogP contribution >= 0.6 is 0 Å². The normalized spacial score (nSPS) is 12.0. The van der Waals surface area contributed by atoms with Crippen LogP contribution in [0.3, 0.4) is 0 Å². The molecule has 6 heteroatoms. The number of para-hydroxylation sites is 3. The highest BCUT2D eigenvalue weighted by molar-refractivity contribution is 5.94. The maximum atomic E-state index is 11.4. The molecule has 4 aromatic rings. The molecule has 0 spiro atoms. The number of benzene rings is 3. The Labute approximate surface area is 193 Å². The number of hydrogen-bond acceptors (Lipinski definition) is 5. The van der Waals surface area contributed by atoms with Crippen molar-refractivity contribution in [3.8, 4) is 11.5 Å². The molecule has 0 amide bonds. The SMILES string of the molecule is CC(=O)c1ccc(OCC(O)Cn2c(COc3c(C)cccc3C)nc3ccccc32)cc1. The van der Waals surface area contributed by atoms with Crippen LogP contribution in [0, 0.1) is 13.8 Å². The Balaban J connectivity index is 1.48. The summed E-state index contributed by atoms with van der Waals surface area (Å²) in [6.07, 6.45) is -0.756. The van der Waals surface area contributed by atoms with E-state index in [1.165, 1.54) is 6.92 Å². The number of ether oxygens (including phenoxy) is 2. The molecule has 4 rings (SSSR count). The zero-order valence-electron chi connectivity index (χ0n) is 19.1. The van der Waals surface area contributed by atoms with Gasteiger partial charge in [0.25, 0.3) is 0 Å². The number of carbonyl (C=O) groups excluding carboxylic acids is 1. The lowest BCUT2D eigenvalue weighted by molar-refractivity contribution is 0.0916. The predicted octanol–water partition coefficient (Wildman–Crippen LogP) is 4.87. The van der Waals surface area contributed by atoms with Crippen molar-refractivity contribution in [2.45, 2.75) is 40.0 Å². The van der Waals surface area contributed by atoms with E-state index in [9.17, 15) is 9.90 Å². The largest absolute Gasteiger partial charge is 0.491 e. The molecule has 0 saturated heterocycles. The van der Waals surface area contributed by atoms with Gasteiger partial charge < -0.3 is 19.1 Å². The van der Waals surface area contributed by atoms with Crippen LogP contribution in [0.4, 0.5) is 0 Å². The second kappa shape index (κ2) is 9.88. The molecule has 0 radical (unpaired) electrons. The number of carbonyl (C=O) groups is 1. The number of Topliss-reactive ketones (excluding diaryl/α,β-unsaturated/α-hetero) is 1. The highest BCUT2D eigenvalue weighted by atomic mass is 16.5. The molecule has 170 valence electrons. The van der Waals surface area contributed by atoms with Gasteiger partial charge in [0.2, 0.25) is 0 Å². The lowest BCUT2D eigenvalue weighted by atomic mass is 10.1. The van der Waals surface area contributed by atoms with Gasteiger partial charge in [-0.3, -0.25) is 4.79 Å². The average Bonchev–Trinajstić information content (AvgIpc) is 3.15. The van der Waals surface area contributed by atoms with Crippen LogP contribution in [-0.4, -0.2) is 33.2 Å². The lowest BCUT2D eigenvalue weighted by Gasteiger charge is -2.17. The number of hydrogen-bond donors (Lipinski definition) is 1. The second-order valence-corrected chi connectivity index (χ2v) is 8.18. The van der Waals surface area contributed by atoms with Gasteiger partial charge in [-0.2, -0.15) is 0 Å². The smallest absolute Gasteiger partial charge is 0.159 e. The van der Waals surface area contributed by atoms with E-state index in [1.54, 1.807) is 24.3 Å². The Hall–Kier alpha value is -3.64. The summed E-state index contributed by atoms with van der Waals surface area (Å²) >= 11 is 0. The van der Waals surface area contributed by atoms with Gasteiger partial charge in [-0.05, 0) is 68.3 Å². The molecule has 1 unspecified atom stereocenters. The summed E-state index contributed by atoms with van der Waals surface area (Å²) in [4.78, 5) is 16.2. The lowest BCUT2D eigenvalue weighted by Crippen LogP contribution is -2.25. The zero-order chi connectivity index (χ0) is 23.4. The zero-order valence-corrected chi connectivity index (χ0v) is 19.1. The molecule has 6 nitrogen and oxygen atoms in total. The second-order valence-electron chi connectivity index (χ2n) is 8.18. The Morgan fingerprint density at radius 2 is 1.67 bits per heavy atom. The third kappa shape index (κ3) is 5.23. The molecule has 3 aromatic carbocycles. The molecule has 0 aliphatic carbocycles. The van der Waals surface area contributed by atoms with Crippen LogP contribution in [0.15, 0.2) is 66.7 Å². The summed E-state index contributed by atoms with van der Waals surface area (Å²) in [5, 5.41) is 10.7. The standard InChI is InChI=1S/C27H28N2O4/c1-18-7-6-8-19(2)27(18)33-17-26-28-24-9-4-5-10-25(24)29(26)15-22(31)16-32-23-13-11-21(12-14-23)20(3)30/h4-14,22,31H,15-17H2,1-3H3. The number of fused-ring (bicyclic) bond motifs is 1. The Morgan fingerprint density at radius 1 is 0.970 bits per heavy atom. The van der Waals surface area contributed by atoms with Crippen molar-refractivity contribution in [2.24, 2.45) is 0 Å². The van der Waals surface area contributed by atoms with Crippen molar-refractivity contribution >= 4 is 16.8 Å². The van der Waals surface area contributed by atoms with E-state index >= 15 is 0 Å². The molecule has 0 saturated carbocycles. The van der Waals surface area contributed by atoms with Crippen molar-refractivity contribution in [3.63, 3.8) is 0 Å². The van der Waals surface area contributed by atoms with Gasteiger partial charge in [0, 0.05) is 5.56 Å². The van der Waals surface area contributed by atoms with E-state index in [-0.39, 0.29) is 12.4 Å². The minimum atomic E-state index is -0.756. The van der Waals surface area contributed by atoms with Gasteiger partial charge in [-0.1, -0.05) is 30.3 Å². The third-order valence-electron chi connectivity index (χ3n) is 5.58. The average molecular weight is 445 g/mol. The molecule has 0 aliphatic heterocycles. The van der Waals surface area contributed by atoms with Crippen molar-refractivity contribution in [2.75, 3.05) is 6.61 Å². The molecular weight excluding hydrogens is 416 g/mol. The number of nitrogens with zero attached hydrogens (tertiary/aromatic N) is 2. The van der Waals surface area contributed by atoms with Gasteiger partial charge >= 0.3 is 0 Å². The summed E-state index contributed by atoms with van der Waals surface area (Å²) < 4.78 is 13.9. The fourth-order valence-electron chi connectivity index (χ4n) is 3.84. The fourth-order valence-corrected chi connectivity index (χ4v) is 3.84. The molecule has 0 bridgehead atoms. The minimum absolute atomic E-state index is 0.00390. The van der Waals surface area contributed by atoms with E-state index in [1.807, 2.05) is 60.9 Å². The Morgan fingerprint density at radius 3 is 2.36 bits per heavy atom. The Bertz CT molecular complexity index is 1240. The number of aryl methyl sites for hydroxylation is 2. The van der Waals surface area contributed by atoms with Crippen LogP contribution in [0.2, 0.25) is 0 Å². The van der Waals surface area contributed by atoms with Crippen LogP contribution in [0.1, 0.15) is 34.2 Å². The van der Waals surface area contributed by atoms with E-state index in [4.69, 9.17) is 14.5 Å². The van der Waals surface area contributed by atoms with Crippen molar-refractivity contribution in [1.29, 1.82) is 0 Å². The monoisotopic (exact) mass is 444 g/mol. The number of aliphatic hydroxyl groups excluding tert-OH is 1. The number of ketones is 1. The molecule has 33 heavy (non-hydrogen) atoms. The summed E-state index contributed by atoms with van der Waals surface area (Å²) in [5.74, 6) is 2.20. The van der Waals surface area contributed by atoms with E-state index in [0.717, 1.165) is 33.7 Å². The first-order chi connectivity index (χ1) is 15.9. The number of aliphatic hydroxyl groups is 1. The van der Waals surface area contributed by atoms with E-state index in [2.05, 4.69) is 0 Å². The first-order valence-corrected chi connectivity index (χ1v) is 11.0. The molecule has 0 aliphatic rings. The minimum Gasteiger partial charge on any atom is -0.491 e. The summed E-state index contributed by atoms with van der Waals surface area (Å²) in [5.41, 5.74) is 4.55. The summed E-state index contributed by atoms with van der Waals surface area (Å²) in [7, 11) is 0. The number of aromatic nitrogens is 2. The number of rotatable bonds is 9. The highest BCUT2D eigenvalue weighted by Crippen LogP contribution is 2.25. The molecule has 1 atom stereocenters. The summed E-state index contributed by atoms with van der Waals surface area (Å²) in [6, 6.07) is 20.8. The summed E-state index contributed by atoms with van der Waals surface area (Å²) in [6.45, 7) is 6.29. The van der Waals surface area contributed by atoms with Gasteiger partial charge in [0.05, 0.1) is 17.6 Å². The van der Waals surface area contributed by atoms with Crippen molar-refractivity contribution in [1.82, 2.24) is 9.55 Å². The molecule has 0 fully saturated rings. The van der Waals surface area contributed by atoms with Crippen LogP contribution in [0.5, 0.6) is 11.5 Å². The molecule has 1 heterocycles. The number of imidazole rings is 1. The maximum Gasteiger partial charge on any atom is 0.159 e. The van der Waals surface area contributed by atoms with Crippen LogP contribution in [0.25, 0.3) is 11.0 Å². The van der Waals surface area contributed by atoms with E-state index in [0.29, 0.717) is 24.5 Å². The van der Waals surface area contributed by atoms with Gasteiger partial charge in [0.1, 0.15) is 36.6 Å². The molecular formula is C27H28N2O4. The van der Waals surface area contributed by atoms with E-state index < -0.39 is 6.10 Å². The molecule has 1 aromatic heterocycles. The van der Waals surface area contributed by atoms with Crippen LogP contribution in [-0.2, 0) is 13.2 Å².